The van der Waals surface area contributed by atoms with Gasteiger partial charge in [-0.15, -0.1) is 0 Å². The van der Waals surface area contributed by atoms with Crippen LogP contribution in [-0.2, 0) is 6.54 Å². The lowest BCUT2D eigenvalue weighted by molar-refractivity contribution is 0.174. The summed E-state index contributed by atoms with van der Waals surface area (Å²) in [6.07, 6.45) is 1.16. The summed E-state index contributed by atoms with van der Waals surface area (Å²) in [5.41, 5.74) is 2.57. The van der Waals surface area contributed by atoms with Crippen LogP contribution < -0.4 is 14.8 Å². The lowest BCUT2D eigenvalue weighted by Gasteiger charge is -2.18. The van der Waals surface area contributed by atoms with Gasteiger partial charge in [-0.3, -0.25) is 0 Å². The molecule has 0 radical (unpaired) electrons. The maximum atomic E-state index is 5.42. The molecule has 0 fully saturated rings. The van der Waals surface area contributed by atoms with Crippen molar-refractivity contribution in [3.05, 3.63) is 23.3 Å². The molecule has 0 saturated heterocycles. The maximum Gasteiger partial charge on any atom is 0.231 e. The molecule has 1 aromatic rings. The Morgan fingerprint density at radius 2 is 2.00 bits per heavy atom. The van der Waals surface area contributed by atoms with Crippen LogP contribution in [0.3, 0.4) is 0 Å². The van der Waals surface area contributed by atoms with Gasteiger partial charge in [0.15, 0.2) is 11.5 Å². The molecule has 0 saturated carbocycles. The minimum atomic E-state index is 0.343. The Bertz CT molecular complexity index is 407. The highest BCUT2D eigenvalue weighted by Crippen LogP contribution is 2.34. The van der Waals surface area contributed by atoms with Gasteiger partial charge in [0.25, 0.3) is 0 Å². The maximum absolute atomic E-state index is 5.42. The summed E-state index contributed by atoms with van der Waals surface area (Å²) in [5, 5.41) is 3.17. The van der Waals surface area contributed by atoms with Gasteiger partial charge in [0.2, 0.25) is 6.79 Å². The number of nitrogens with one attached hydrogen (secondary N) is 1. The summed E-state index contributed by atoms with van der Waals surface area (Å²) in [6, 6.07) is 4.17. The van der Waals surface area contributed by atoms with Crippen LogP contribution in [0, 0.1) is 6.92 Å². The summed E-state index contributed by atoms with van der Waals surface area (Å²) in [7, 11) is 4.14. The molecule has 18 heavy (non-hydrogen) atoms. The largest absolute Gasteiger partial charge is 0.454 e. The fraction of sp³-hybridized carbons (Fsp3) is 0.571. The van der Waals surface area contributed by atoms with Gasteiger partial charge in [0.1, 0.15) is 0 Å². The first-order chi connectivity index (χ1) is 8.70. The third-order valence-electron chi connectivity index (χ3n) is 3.24. The van der Waals surface area contributed by atoms with Crippen LogP contribution >= 0.6 is 0 Å². The van der Waals surface area contributed by atoms with Crippen molar-refractivity contribution in [2.24, 2.45) is 0 Å². The first-order valence-corrected chi connectivity index (χ1v) is 6.43. The van der Waals surface area contributed by atoms with Crippen LogP contribution in [0.1, 0.15) is 17.5 Å². The summed E-state index contributed by atoms with van der Waals surface area (Å²) >= 11 is 0. The van der Waals surface area contributed by atoms with Gasteiger partial charge in [-0.05, 0) is 63.8 Å². The van der Waals surface area contributed by atoms with Crippen molar-refractivity contribution in [3.63, 3.8) is 0 Å². The third kappa shape index (κ3) is 3.15. The van der Waals surface area contributed by atoms with Gasteiger partial charge >= 0.3 is 0 Å². The van der Waals surface area contributed by atoms with Gasteiger partial charge in [-0.1, -0.05) is 0 Å². The molecule has 0 bridgehead atoms. The molecular formula is C14H22N2O2. The van der Waals surface area contributed by atoms with E-state index in [1.165, 1.54) is 11.1 Å². The number of ether oxygens (including phenoxy) is 2. The third-order valence-corrected chi connectivity index (χ3v) is 3.24. The second kappa shape index (κ2) is 6.07. The number of benzene rings is 1. The van der Waals surface area contributed by atoms with Gasteiger partial charge < -0.3 is 19.7 Å². The van der Waals surface area contributed by atoms with Crippen molar-refractivity contribution in [3.8, 4) is 11.5 Å². The standard InChI is InChI=1S/C14H22N2O2/c1-11-7-13-14(18-10-17-13)8-12(11)9-16(3)6-4-5-15-2/h7-8,15H,4-6,9-10H2,1-3H3. The normalized spacial score (nSPS) is 13.3. The average molecular weight is 250 g/mol. The second-order valence-corrected chi connectivity index (χ2v) is 4.83. The van der Waals surface area contributed by atoms with Crippen LogP contribution in [0.4, 0.5) is 0 Å². The quantitative estimate of drug-likeness (QED) is 0.780. The average Bonchev–Trinajstić information content (AvgIpc) is 2.77. The Morgan fingerprint density at radius 1 is 1.28 bits per heavy atom. The molecule has 0 unspecified atom stereocenters. The summed E-state index contributed by atoms with van der Waals surface area (Å²) in [6.45, 7) is 5.57. The minimum Gasteiger partial charge on any atom is -0.454 e. The summed E-state index contributed by atoms with van der Waals surface area (Å²) < 4.78 is 10.8. The Hall–Kier alpha value is -1.26. The zero-order valence-corrected chi connectivity index (χ0v) is 11.5. The highest BCUT2D eigenvalue weighted by atomic mass is 16.7. The highest BCUT2D eigenvalue weighted by molar-refractivity contribution is 5.48. The molecule has 2 rings (SSSR count). The lowest BCUT2D eigenvalue weighted by Crippen LogP contribution is -2.22. The molecular weight excluding hydrogens is 228 g/mol. The van der Waals surface area contributed by atoms with Crippen molar-refractivity contribution < 1.29 is 9.47 Å². The number of hydrogen-bond donors (Lipinski definition) is 1. The van der Waals surface area contributed by atoms with Crippen LogP contribution in [0.2, 0.25) is 0 Å². The number of fused-ring (bicyclic) bond motifs is 1. The van der Waals surface area contributed by atoms with E-state index in [2.05, 4.69) is 36.3 Å². The lowest BCUT2D eigenvalue weighted by atomic mass is 10.1. The Kier molecular flexibility index (Phi) is 4.44. The summed E-state index contributed by atoms with van der Waals surface area (Å²) in [4.78, 5) is 2.34. The predicted octanol–water partition coefficient (Wildman–Crippen LogP) is 1.77. The number of aryl methyl sites for hydroxylation is 1. The SMILES string of the molecule is CNCCCN(C)Cc1cc2c(cc1C)OCO2. The van der Waals surface area contributed by atoms with E-state index >= 15 is 0 Å². The molecule has 1 aromatic carbocycles. The van der Waals surface area contributed by atoms with Crippen LogP contribution in [-0.4, -0.2) is 38.9 Å². The molecule has 1 aliphatic heterocycles. The highest BCUT2D eigenvalue weighted by Gasteiger charge is 2.16. The van der Waals surface area contributed by atoms with E-state index in [1.54, 1.807) is 0 Å². The van der Waals surface area contributed by atoms with Crippen LogP contribution in [0.25, 0.3) is 0 Å². The molecule has 1 aliphatic rings. The molecule has 4 nitrogen and oxygen atoms in total. The van der Waals surface area contributed by atoms with Crippen molar-refractivity contribution in [1.29, 1.82) is 0 Å². The van der Waals surface area contributed by atoms with E-state index in [0.29, 0.717) is 6.79 Å². The number of rotatable bonds is 6. The predicted molar refractivity (Wildman–Crippen MR) is 72.2 cm³/mol. The van der Waals surface area contributed by atoms with Crippen molar-refractivity contribution in [2.75, 3.05) is 34.0 Å². The fourth-order valence-corrected chi connectivity index (χ4v) is 2.15. The number of hydrogen-bond acceptors (Lipinski definition) is 4. The molecule has 4 heteroatoms. The van der Waals surface area contributed by atoms with E-state index in [0.717, 1.165) is 37.6 Å². The molecule has 1 N–H and O–H groups in total. The topological polar surface area (TPSA) is 33.7 Å². The first-order valence-electron chi connectivity index (χ1n) is 6.43. The monoisotopic (exact) mass is 250 g/mol. The van der Waals surface area contributed by atoms with Gasteiger partial charge in [0.05, 0.1) is 0 Å². The first kappa shape index (κ1) is 13.2. The Morgan fingerprint density at radius 3 is 2.72 bits per heavy atom. The zero-order valence-electron chi connectivity index (χ0n) is 11.5. The molecule has 0 aromatic heterocycles. The van der Waals surface area contributed by atoms with Crippen LogP contribution in [0.15, 0.2) is 12.1 Å². The van der Waals surface area contributed by atoms with Crippen molar-refractivity contribution >= 4 is 0 Å². The minimum absolute atomic E-state index is 0.343. The smallest absolute Gasteiger partial charge is 0.231 e. The summed E-state index contributed by atoms with van der Waals surface area (Å²) in [5.74, 6) is 1.74. The van der Waals surface area contributed by atoms with E-state index in [-0.39, 0.29) is 0 Å². The zero-order chi connectivity index (χ0) is 13.0. The molecule has 0 amide bonds. The van der Waals surface area contributed by atoms with Crippen LogP contribution in [0.5, 0.6) is 11.5 Å². The number of nitrogens with zero attached hydrogens (tertiary/aromatic N) is 1. The molecule has 0 atom stereocenters. The second-order valence-electron chi connectivity index (χ2n) is 4.83. The van der Waals surface area contributed by atoms with Crippen molar-refractivity contribution in [2.45, 2.75) is 19.9 Å². The van der Waals surface area contributed by atoms with Gasteiger partial charge in [-0.25, -0.2) is 0 Å². The molecule has 100 valence electrons. The van der Waals surface area contributed by atoms with E-state index in [1.807, 2.05) is 7.05 Å². The molecule has 1 heterocycles. The van der Waals surface area contributed by atoms with Gasteiger partial charge in [0, 0.05) is 6.54 Å². The fourth-order valence-electron chi connectivity index (χ4n) is 2.15. The Balaban J connectivity index is 1.96. The van der Waals surface area contributed by atoms with Gasteiger partial charge in [-0.2, -0.15) is 0 Å². The van der Waals surface area contributed by atoms with Crippen molar-refractivity contribution in [1.82, 2.24) is 10.2 Å². The molecule has 0 aliphatic carbocycles. The van der Waals surface area contributed by atoms with E-state index in [4.69, 9.17) is 9.47 Å². The molecule has 0 spiro atoms. The van der Waals surface area contributed by atoms with E-state index < -0.39 is 0 Å². The van der Waals surface area contributed by atoms with E-state index in [9.17, 15) is 0 Å². The Labute approximate surface area is 109 Å².